The molecule has 33 heavy (non-hydrogen) atoms. The van der Waals surface area contributed by atoms with Crippen LogP contribution in [-0.2, 0) is 5.79 Å². The normalized spacial score (nSPS) is 20.9. The monoisotopic (exact) mass is 464 g/mol. The smallest absolute Gasteiger partial charge is 0.210 e. The summed E-state index contributed by atoms with van der Waals surface area (Å²) in [5.74, 6) is 0.547. The molecule has 2 aliphatic heterocycles. The maximum atomic E-state index is 6.68. The number of rotatable bonds is 7. The van der Waals surface area contributed by atoms with Crippen molar-refractivity contribution in [1.29, 1.82) is 0 Å². The number of allylic oxidation sites excluding steroid dienone is 1. The van der Waals surface area contributed by atoms with E-state index in [-0.39, 0.29) is 0 Å². The third-order valence-corrected chi connectivity index (χ3v) is 6.59. The van der Waals surface area contributed by atoms with Crippen LogP contribution < -0.4 is 21.1 Å². The average molecular weight is 465 g/mol. The molecule has 5 rings (SSSR count). The number of hydrogen-bond donors (Lipinski definition) is 4. The van der Waals surface area contributed by atoms with Gasteiger partial charge in [-0.1, -0.05) is 11.6 Å². The van der Waals surface area contributed by atoms with E-state index in [0.717, 1.165) is 45.8 Å². The summed E-state index contributed by atoms with van der Waals surface area (Å²) in [4.78, 5) is 10.2. The molecule has 1 fully saturated rings. The lowest BCUT2D eigenvalue weighted by atomic mass is 10.1. The molecule has 0 amide bonds. The van der Waals surface area contributed by atoms with Gasteiger partial charge in [0.15, 0.2) is 0 Å². The van der Waals surface area contributed by atoms with Gasteiger partial charge in [0, 0.05) is 41.2 Å². The molecule has 0 radical (unpaired) electrons. The number of aromatic amines is 1. The van der Waals surface area contributed by atoms with Crippen LogP contribution in [0.25, 0.3) is 10.9 Å². The minimum atomic E-state index is -1.08. The van der Waals surface area contributed by atoms with E-state index in [2.05, 4.69) is 25.5 Å². The van der Waals surface area contributed by atoms with Crippen LogP contribution in [0.3, 0.4) is 0 Å². The molecule has 0 spiro atoms. The molecule has 2 aromatic carbocycles. The Morgan fingerprint density at radius 3 is 2.73 bits per heavy atom. The first-order chi connectivity index (χ1) is 16.0. The Balaban J connectivity index is 1.28. The van der Waals surface area contributed by atoms with Gasteiger partial charge < -0.3 is 20.4 Å². The predicted molar refractivity (Wildman–Crippen MR) is 135 cm³/mol. The number of nitrogens with two attached hydrogens (primary N) is 1. The van der Waals surface area contributed by atoms with Gasteiger partial charge in [-0.2, -0.15) is 0 Å². The van der Waals surface area contributed by atoms with E-state index in [1.807, 2.05) is 55.6 Å². The summed E-state index contributed by atoms with van der Waals surface area (Å²) in [6.45, 7) is 5.99. The largest absolute Gasteiger partial charge is 0.492 e. The van der Waals surface area contributed by atoms with Gasteiger partial charge in [0.25, 0.3) is 0 Å². The van der Waals surface area contributed by atoms with Gasteiger partial charge in [0.05, 0.1) is 10.5 Å². The zero-order valence-corrected chi connectivity index (χ0v) is 19.5. The Morgan fingerprint density at radius 1 is 1.15 bits per heavy atom. The summed E-state index contributed by atoms with van der Waals surface area (Å²) in [5, 5.41) is 8.53. The highest BCUT2D eigenvalue weighted by Crippen LogP contribution is 2.31. The van der Waals surface area contributed by atoms with Gasteiger partial charge in [-0.25, -0.2) is 4.99 Å². The molecule has 0 aliphatic carbocycles. The number of nitrogens with one attached hydrogen (secondary N) is 3. The Kier molecular flexibility index (Phi) is 6.01. The highest BCUT2D eigenvalue weighted by molar-refractivity contribution is 6.35. The lowest BCUT2D eigenvalue weighted by molar-refractivity contribution is 0.237. The highest BCUT2D eigenvalue weighted by atomic mass is 35.5. The molecule has 5 N–H and O–H groups in total. The van der Waals surface area contributed by atoms with Gasteiger partial charge in [-0.05, 0) is 75.3 Å². The molecule has 2 aliphatic rings. The van der Waals surface area contributed by atoms with Gasteiger partial charge in [0.1, 0.15) is 18.2 Å². The molecule has 1 unspecified atom stereocenters. The molecule has 1 saturated heterocycles. The van der Waals surface area contributed by atoms with Crippen LogP contribution >= 0.6 is 11.6 Å². The second kappa shape index (κ2) is 9.09. The quantitative estimate of drug-likeness (QED) is 0.416. The standard InChI is InChI=1S/C25H29ClN6O/c1-17-16-29-25(27,18-4-6-19(7-5-18)33-15-14-32-12-2-3-13-32)31-24(17)30-22-9-8-21(26)23-20(22)10-11-28-23/h4-11,16,28,30-31H,2-3,12-15,27H2,1H3. The summed E-state index contributed by atoms with van der Waals surface area (Å²) in [6.07, 6.45) is 6.25. The van der Waals surface area contributed by atoms with Gasteiger partial charge in [-0.3, -0.25) is 10.6 Å². The number of fused-ring (bicyclic) bond motifs is 1. The van der Waals surface area contributed by atoms with Crippen LogP contribution in [-0.4, -0.2) is 42.3 Å². The van der Waals surface area contributed by atoms with Crippen molar-refractivity contribution in [1.82, 2.24) is 15.2 Å². The SMILES string of the molecule is CC1=C(Nc2ccc(Cl)c3[nH]ccc23)NC(N)(c2ccc(OCCN3CCCC3)cc2)N=C1. The van der Waals surface area contributed by atoms with Crippen LogP contribution in [0.5, 0.6) is 5.75 Å². The molecule has 8 heteroatoms. The molecule has 172 valence electrons. The number of nitrogens with zero attached hydrogens (tertiary/aromatic N) is 2. The van der Waals surface area contributed by atoms with E-state index >= 15 is 0 Å². The van der Waals surface area contributed by atoms with Gasteiger partial charge in [0.2, 0.25) is 5.79 Å². The molecule has 7 nitrogen and oxygen atoms in total. The van der Waals surface area contributed by atoms with Crippen molar-refractivity contribution in [3.05, 3.63) is 70.6 Å². The van der Waals surface area contributed by atoms with Crippen LogP contribution in [0.1, 0.15) is 25.3 Å². The number of ether oxygens (including phenoxy) is 1. The van der Waals surface area contributed by atoms with E-state index in [1.165, 1.54) is 25.9 Å². The molecular formula is C25H29ClN6O. The van der Waals surface area contributed by atoms with Crippen molar-refractivity contribution in [3.63, 3.8) is 0 Å². The maximum Gasteiger partial charge on any atom is 0.210 e. The van der Waals surface area contributed by atoms with E-state index in [1.54, 1.807) is 6.21 Å². The molecule has 3 heterocycles. The summed E-state index contributed by atoms with van der Waals surface area (Å²) in [7, 11) is 0. The fourth-order valence-corrected chi connectivity index (χ4v) is 4.55. The number of H-pyrrole nitrogens is 1. The Labute approximate surface area is 198 Å². The van der Waals surface area contributed by atoms with Crippen molar-refractivity contribution in [2.75, 3.05) is 31.6 Å². The van der Waals surface area contributed by atoms with Gasteiger partial charge in [-0.15, -0.1) is 0 Å². The fourth-order valence-electron chi connectivity index (χ4n) is 4.33. The number of aromatic nitrogens is 1. The minimum absolute atomic E-state index is 0.681. The second-order valence-electron chi connectivity index (χ2n) is 8.62. The van der Waals surface area contributed by atoms with Crippen molar-refractivity contribution < 1.29 is 4.74 Å². The minimum Gasteiger partial charge on any atom is -0.492 e. The van der Waals surface area contributed by atoms with E-state index in [0.29, 0.717) is 11.6 Å². The zero-order chi connectivity index (χ0) is 22.8. The first kappa shape index (κ1) is 21.8. The highest BCUT2D eigenvalue weighted by Gasteiger charge is 2.30. The topological polar surface area (TPSA) is 90.7 Å². The number of hydrogen-bond acceptors (Lipinski definition) is 6. The Hall–Kier alpha value is -3.00. The summed E-state index contributed by atoms with van der Waals surface area (Å²) in [6, 6.07) is 13.6. The maximum absolute atomic E-state index is 6.68. The Bertz CT molecular complexity index is 1200. The van der Waals surface area contributed by atoms with Crippen molar-refractivity contribution in [3.8, 4) is 5.75 Å². The summed E-state index contributed by atoms with van der Waals surface area (Å²) >= 11 is 6.30. The number of likely N-dealkylation sites (tertiary alicyclic amines) is 1. The number of aliphatic imine (C=N–C) groups is 1. The van der Waals surface area contributed by atoms with Crippen LogP contribution in [0, 0.1) is 0 Å². The third kappa shape index (κ3) is 4.57. The Morgan fingerprint density at radius 2 is 1.94 bits per heavy atom. The third-order valence-electron chi connectivity index (χ3n) is 6.27. The van der Waals surface area contributed by atoms with Crippen molar-refractivity contribution in [2.24, 2.45) is 10.7 Å². The molecule has 0 saturated carbocycles. The lowest BCUT2D eigenvalue weighted by Gasteiger charge is -2.33. The molecule has 0 bridgehead atoms. The zero-order valence-electron chi connectivity index (χ0n) is 18.7. The molecule has 1 aromatic heterocycles. The van der Waals surface area contributed by atoms with E-state index in [9.17, 15) is 0 Å². The van der Waals surface area contributed by atoms with Gasteiger partial charge >= 0.3 is 0 Å². The van der Waals surface area contributed by atoms with Crippen molar-refractivity contribution in [2.45, 2.75) is 25.6 Å². The average Bonchev–Trinajstić information content (AvgIpc) is 3.52. The first-order valence-corrected chi connectivity index (χ1v) is 11.7. The molecule has 3 aromatic rings. The molecular weight excluding hydrogens is 436 g/mol. The molecule has 1 atom stereocenters. The van der Waals surface area contributed by atoms with Crippen LogP contribution in [0.15, 0.2) is 65.0 Å². The van der Waals surface area contributed by atoms with Crippen LogP contribution in [0.4, 0.5) is 5.69 Å². The number of halogens is 1. The number of benzene rings is 2. The summed E-state index contributed by atoms with van der Waals surface area (Å²) < 4.78 is 5.93. The second-order valence-corrected chi connectivity index (χ2v) is 9.02. The first-order valence-electron chi connectivity index (χ1n) is 11.3. The van der Waals surface area contributed by atoms with Crippen molar-refractivity contribution >= 4 is 34.4 Å². The van der Waals surface area contributed by atoms with E-state index < -0.39 is 5.79 Å². The fraction of sp³-hybridized carbons (Fsp3) is 0.320. The predicted octanol–water partition coefficient (Wildman–Crippen LogP) is 4.38. The van der Waals surface area contributed by atoms with E-state index in [4.69, 9.17) is 22.1 Å². The van der Waals surface area contributed by atoms with Crippen LogP contribution in [0.2, 0.25) is 5.02 Å². The number of anilines is 1. The summed E-state index contributed by atoms with van der Waals surface area (Å²) in [5.41, 5.74) is 10.3. The lowest BCUT2D eigenvalue weighted by Crippen LogP contribution is -2.51.